The van der Waals surface area contributed by atoms with Crippen molar-refractivity contribution in [2.75, 3.05) is 0 Å². The molecule has 16 heavy (non-hydrogen) atoms. The number of carbonyl (C=O) groups is 1. The molecule has 1 amide bonds. The van der Waals surface area contributed by atoms with E-state index in [4.69, 9.17) is 10.8 Å². The molecule has 0 spiro atoms. The molecule has 2 aromatic rings. The van der Waals surface area contributed by atoms with Gasteiger partial charge in [-0.25, -0.2) is 4.98 Å². The molecule has 2 rings (SSSR count). The van der Waals surface area contributed by atoms with Crippen LogP contribution in [0, 0.1) is 6.92 Å². The molecule has 0 atom stereocenters. The Morgan fingerprint density at radius 1 is 1.44 bits per heavy atom. The number of para-hydroxylation sites is 1. The van der Waals surface area contributed by atoms with E-state index in [9.17, 15) is 4.79 Å². The van der Waals surface area contributed by atoms with E-state index in [1.807, 2.05) is 6.92 Å². The summed E-state index contributed by atoms with van der Waals surface area (Å²) < 4.78 is 0. The first-order valence-electron chi connectivity index (χ1n) is 4.51. The van der Waals surface area contributed by atoms with E-state index in [0.717, 1.165) is 5.82 Å². The second-order valence-corrected chi connectivity index (χ2v) is 2.95. The maximum absolute atomic E-state index is 10.5. The number of aromatic hydroxyl groups is 1. The van der Waals surface area contributed by atoms with E-state index in [0.29, 0.717) is 0 Å². The monoisotopic (exact) mass is 220 g/mol. The largest absolute Gasteiger partial charge is 0.507 e. The Hall–Kier alpha value is -2.37. The fraction of sp³-hybridized carbons (Fsp3) is 0.100. The third-order valence-corrected chi connectivity index (χ3v) is 1.70. The minimum Gasteiger partial charge on any atom is -0.507 e. The fourth-order valence-corrected chi connectivity index (χ4v) is 0.949. The lowest BCUT2D eigenvalue weighted by molar-refractivity contribution is 0.0998. The summed E-state index contributed by atoms with van der Waals surface area (Å²) >= 11 is 0. The molecule has 0 saturated carbocycles. The molecule has 84 valence electrons. The zero-order chi connectivity index (χ0) is 12.0. The van der Waals surface area contributed by atoms with Gasteiger partial charge in [0.15, 0.2) is 0 Å². The first-order valence-corrected chi connectivity index (χ1v) is 4.51. The van der Waals surface area contributed by atoms with E-state index < -0.39 is 5.91 Å². The molecule has 0 aliphatic rings. The molecule has 6 nitrogen and oxygen atoms in total. The highest BCUT2D eigenvalue weighted by Crippen LogP contribution is 2.13. The van der Waals surface area contributed by atoms with Crippen LogP contribution in [-0.2, 0) is 0 Å². The van der Waals surface area contributed by atoms with Crippen LogP contribution in [0.3, 0.4) is 0 Å². The Morgan fingerprint density at radius 3 is 2.44 bits per heavy atom. The quantitative estimate of drug-likeness (QED) is 0.654. The predicted molar refractivity (Wildman–Crippen MR) is 57.7 cm³/mol. The zero-order valence-electron chi connectivity index (χ0n) is 8.71. The molecule has 1 aromatic heterocycles. The van der Waals surface area contributed by atoms with Gasteiger partial charge in [0, 0.05) is 0 Å². The molecule has 0 fully saturated rings. The third-order valence-electron chi connectivity index (χ3n) is 1.70. The molecule has 0 aliphatic carbocycles. The Kier molecular flexibility index (Phi) is 4.02. The number of amides is 1. The molecular formula is C10H12N4O2. The van der Waals surface area contributed by atoms with Gasteiger partial charge in [-0.2, -0.15) is 5.10 Å². The van der Waals surface area contributed by atoms with Gasteiger partial charge in [-0.3, -0.25) is 9.89 Å². The number of primary amides is 1. The summed E-state index contributed by atoms with van der Waals surface area (Å²) in [6.07, 6.45) is 1.48. The standard InChI is InChI=1S/C7H7NO2.C3H5N3/c8-7(10)5-3-1-2-4-6(5)9;1-3-4-2-5-6-3/h1-4,9H,(H2,8,10);2H,1H3,(H,4,5,6). The van der Waals surface area contributed by atoms with Crippen LogP contribution in [0.25, 0.3) is 0 Å². The number of hydrogen-bond donors (Lipinski definition) is 3. The minimum absolute atomic E-state index is 0.0741. The normalized spacial score (nSPS) is 9.06. The number of phenols is 1. The summed E-state index contributed by atoms with van der Waals surface area (Å²) in [4.78, 5) is 14.2. The molecular weight excluding hydrogens is 208 g/mol. The Balaban J connectivity index is 0.000000181. The van der Waals surface area contributed by atoms with Crippen molar-refractivity contribution in [2.24, 2.45) is 5.73 Å². The number of carbonyl (C=O) groups excluding carboxylic acids is 1. The highest BCUT2D eigenvalue weighted by atomic mass is 16.3. The van der Waals surface area contributed by atoms with E-state index in [2.05, 4.69) is 15.2 Å². The summed E-state index contributed by atoms with van der Waals surface area (Å²) in [5, 5.41) is 15.2. The molecule has 0 saturated heterocycles. The van der Waals surface area contributed by atoms with Crippen LogP contribution in [0.5, 0.6) is 5.75 Å². The van der Waals surface area contributed by atoms with Gasteiger partial charge in [0.05, 0.1) is 5.56 Å². The smallest absolute Gasteiger partial charge is 0.252 e. The van der Waals surface area contributed by atoms with E-state index in [1.165, 1.54) is 18.5 Å². The van der Waals surface area contributed by atoms with Crippen molar-refractivity contribution in [3.63, 3.8) is 0 Å². The molecule has 0 aliphatic heterocycles. The Labute approximate surface area is 92.1 Å². The van der Waals surface area contributed by atoms with Crippen molar-refractivity contribution in [3.8, 4) is 5.75 Å². The number of nitrogens with two attached hydrogens (primary N) is 1. The highest BCUT2D eigenvalue weighted by molar-refractivity contribution is 5.95. The number of nitrogens with zero attached hydrogens (tertiary/aromatic N) is 2. The number of aromatic nitrogens is 3. The van der Waals surface area contributed by atoms with Crippen molar-refractivity contribution in [1.29, 1.82) is 0 Å². The zero-order valence-corrected chi connectivity index (χ0v) is 8.71. The van der Waals surface area contributed by atoms with Gasteiger partial charge in [0.25, 0.3) is 5.91 Å². The number of hydrogen-bond acceptors (Lipinski definition) is 4. The third kappa shape index (κ3) is 3.41. The van der Waals surface area contributed by atoms with E-state index in [1.54, 1.807) is 12.1 Å². The number of rotatable bonds is 1. The minimum atomic E-state index is -0.613. The van der Waals surface area contributed by atoms with Crippen molar-refractivity contribution in [1.82, 2.24) is 15.2 Å². The lowest BCUT2D eigenvalue weighted by atomic mass is 10.2. The van der Waals surface area contributed by atoms with Crippen LogP contribution in [-0.4, -0.2) is 26.2 Å². The maximum Gasteiger partial charge on any atom is 0.252 e. The Bertz CT molecular complexity index is 454. The van der Waals surface area contributed by atoms with Gasteiger partial charge in [-0.1, -0.05) is 12.1 Å². The van der Waals surface area contributed by atoms with Crippen LogP contribution in [0.2, 0.25) is 0 Å². The van der Waals surface area contributed by atoms with Crippen LogP contribution >= 0.6 is 0 Å². The van der Waals surface area contributed by atoms with Crippen LogP contribution in [0.4, 0.5) is 0 Å². The summed E-state index contributed by atoms with van der Waals surface area (Å²) in [5.41, 5.74) is 5.07. The highest BCUT2D eigenvalue weighted by Gasteiger charge is 2.03. The first-order chi connectivity index (χ1) is 7.61. The predicted octanol–water partition coefficient (Wildman–Crippen LogP) is 0.604. The van der Waals surface area contributed by atoms with Gasteiger partial charge in [-0.05, 0) is 19.1 Å². The SMILES string of the molecule is Cc1ncn[nH]1.NC(=O)c1ccccc1O. The van der Waals surface area contributed by atoms with Crippen molar-refractivity contribution in [3.05, 3.63) is 42.0 Å². The van der Waals surface area contributed by atoms with Crippen LogP contribution < -0.4 is 5.73 Å². The average Bonchev–Trinajstić information content (AvgIpc) is 2.70. The van der Waals surface area contributed by atoms with E-state index >= 15 is 0 Å². The number of nitrogens with one attached hydrogen (secondary N) is 1. The summed E-state index contributed by atoms with van der Waals surface area (Å²) in [6, 6.07) is 6.15. The Morgan fingerprint density at radius 2 is 2.12 bits per heavy atom. The number of benzene rings is 1. The average molecular weight is 220 g/mol. The summed E-state index contributed by atoms with van der Waals surface area (Å²) in [6.45, 7) is 1.85. The molecule has 6 heteroatoms. The fourth-order valence-electron chi connectivity index (χ4n) is 0.949. The molecule has 1 aromatic carbocycles. The topological polar surface area (TPSA) is 105 Å². The molecule has 0 bridgehead atoms. The molecule has 0 unspecified atom stereocenters. The number of aryl methyl sites for hydroxylation is 1. The van der Waals surface area contributed by atoms with Gasteiger partial charge in [0.1, 0.15) is 17.9 Å². The van der Waals surface area contributed by atoms with Gasteiger partial charge in [-0.15, -0.1) is 0 Å². The second kappa shape index (κ2) is 5.50. The summed E-state index contributed by atoms with van der Waals surface area (Å²) in [7, 11) is 0. The molecule has 1 heterocycles. The second-order valence-electron chi connectivity index (χ2n) is 2.95. The maximum atomic E-state index is 10.5. The molecule has 4 N–H and O–H groups in total. The van der Waals surface area contributed by atoms with Crippen molar-refractivity contribution >= 4 is 5.91 Å². The number of H-pyrrole nitrogens is 1. The van der Waals surface area contributed by atoms with Crippen molar-refractivity contribution in [2.45, 2.75) is 6.92 Å². The summed E-state index contributed by atoms with van der Waals surface area (Å²) in [5.74, 6) is 0.170. The van der Waals surface area contributed by atoms with Gasteiger partial charge in [0.2, 0.25) is 0 Å². The van der Waals surface area contributed by atoms with Gasteiger partial charge >= 0.3 is 0 Å². The first kappa shape index (κ1) is 11.7. The lowest BCUT2D eigenvalue weighted by Gasteiger charge is -1.96. The van der Waals surface area contributed by atoms with Gasteiger partial charge < -0.3 is 10.8 Å². The van der Waals surface area contributed by atoms with Crippen LogP contribution in [0.1, 0.15) is 16.2 Å². The van der Waals surface area contributed by atoms with Crippen molar-refractivity contribution < 1.29 is 9.90 Å². The van der Waals surface area contributed by atoms with E-state index in [-0.39, 0.29) is 11.3 Å². The number of aromatic amines is 1. The lowest BCUT2D eigenvalue weighted by Crippen LogP contribution is -2.10. The van der Waals surface area contributed by atoms with Crippen LogP contribution in [0.15, 0.2) is 30.6 Å². The molecule has 0 radical (unpaired) electrons.